The van der Waals surface area contributed by atoms with Gasteiger partial charge in [0.1, 0.15) is 0 Å². The molecule has 0 aliphatic heterocycles. The Morgan fingerprint density at radius 1 is 1.14 bits per heavy atom. The third-order valence-electron chi connectivity index (χ3n) is 4.66. The summed E-state index contributed by atoms with van der Waals surface area (Å²) in [7, 11) is 0. The quantitative estimate of drug-likeness (QED) is 0.462. The van der Waals surface area contributed by atoms with Gasteiger partial charge < -0.3 is 26.0 Å². The van der Waals surface area contributed by atoms with Gasteiger partial charge in [-0.2, -0.15) is 9.97 Å². The second-order valence-electron chi connectivity index (χ2n) is 7.75. The maximum absolute atomic E-state index is 9.67. The van der Waals surface area contributed by atoms with Crippen LogP contribution in [0.4, 0.5) is 23.1 Å². The van der Waals surface area contributed by atoms with Gasteiger partial charge in [-0.25, -0.2) is 4.98 Å². The molecule has 8 nitrogen and oxygen atoms in total. The molecule has 0 aliphatic rings. The third-order valence-corrected chi connectivity index (χ3v) is 4.66. The highest BCUT2D eigenvalue weighted by molar-refractivity contribution is 5.87. The molecule has 0 saturated heterocycles. The van der Waals surface area contributed by atoms with E-state index < -0.39 is 0 Å². The second-order valence-corrected chi connectivity index (χ2v) is 7.75. The van der Waals surface area contributed by atoms with Gasteiger partial charge in [0.2, 0.25) is 5.95 Å². The van der Waals surface area contributed by atoms with Crippen LogP contribution in [0.2, 0.25) is 0 Å². The number of hydrogen-bond acceptors (Lipinski definition) is 7. The summed E-state index contributed by atoms with van der Waals surface area (Å²) >= 11 is 0. The minimum Gasteiger partial charge on any atom is -0.399 e. The van der Waals surface area contributed by atoms with Crippen molar-refractivity contribution in [2.24, 2.45) is 5.92 Å². The van der Waals surface area contributed by atoms with Crippen LogP contribution in [0.1, 0.15) is 39.3 Å². The molecule has 0 bridgehead atoms. The zero-order valence-corrected chi connectivity index (χ0v) is 17.1. The minimum atomic E-state index is -0.143. The normalized spacial score (nSPS) is 12.7. The fourth-order valence-electron chi connectivity index (χ4n) is 3.06. The van der Waals surface area contributed by atoms with Crippen LogP contribution in [0.15, 0.2) is 24.5 Å². The van der Waals surface area contributed by atoms with E-state index in [0.717, 1.165) is 16.9 Å². The number of rotatable bonds is 7. The highest BCUT2D eigenvalue weighted by Crippen LogP contribution is 2.27. The van der Waals surface area contributed by atoms with Crippen LogP contribution >= 0.6 is 0 Å². The van der Waals surface area contributed by atoms with Crippen LogP contribution in [0.5, 0.6) is 0 Å². The average Bonchev–Trinajstić information content (AvgIpc) is 3.03. The molecule has 0 saturated carbocycles. The van der Waals surface area contributed by atoms with Crippen molar-refractivity contribution in [3.05, 3.63) is 30.1 Å². The lowest BCUT2D eigenvalue weighted by Gasteiger charge is -2.20. The first kappa shape index (κ1) is 19.9. The molecule has 1 aromatic carbocycles. The first-order valence-corrected chi connectivity index (χ1v) is 9.54. The van der Waals surface area contributed by atoms with Crippen molar-refractivity contribution in [2.75, 3.05) is 23.0 Å². The lowest BCUT2D eigenvalue weighted by Crippen LogP contribution is -2.30. The number of hydrogen-bond donors (Lipinski definition) is 4. The zero-order valence-electron chi connectivity index (χ0n) is 17.1. The molecule has 0 amide bonds. The lowest BCUT2D eigenvalue weighted by atomic mass is 10.1. The van der Waals surface area contributed by atoms with Crippen molar-refractivity contribution in [2.45, 2.75) is 46.7 Å². The van der Waals surface area contributed by atoms with Crippen LogP contribution < -0.4 is 16.4 Å². The number of aliphatic hydroxyl groups is 1. The second kappa shape index (κ2) is 8.02. The first-order valence-electron chi connectivity index (χ1n) is 9.54. The Balaban J connectivity index is 2.08. The largest absolute Gasteiger partial charge is 0.399 e. The Hall–Kier alpha value is -2.87. The Labute approximate surface area is 165 Å². The first-order chi connectivity index (χ1) is 13.3. The van der Waals surface area contributed by atoms with Gasteiger partial charge in [-0.3, -0.25) is 0 Å². The van der Waals surface area contributed by atoms with Crippen molar-refractivity contribution in [1.82, 2.24) is 19.5 Å². The predicted molar refractivity (Wildman–Crippen MR) is 114 cm³/mol. The molecule has 8 heteroatoms. The van der Waals surface area contributed by atoms with Crippen molar-refractivity contribution >= 4 is 34.3 Å². The van der Waals surface area contributed by atoms with E-state index in [4.69, 9.17) is 5.73 Å². The van der Waals surface area contributed by atoms with Gasteiger partial charge in [0, 0.05) is 17.4 Å². The van der Waals surface area contributed by atoms with Crippen LogP contribution in [0, 0.1) is 12.8 Å². The van der Waals surface area contributed by atoms with Crippen molar-refractivity contribution in [3.8, 4) is 0 Å². The number of fused-ring (bicyclic) bond motifs is 1. The number of anilines is 4. The van der Waals surface area contributed by atoms with Gasteiger partial charge >= 0.3 is 0 Å². The number of nitrogens with zero attached hydrogens (tertiary/aromatic N) is 4. The summed E-state index contributed by atoms with van der Waals surface area (Å²) in [5, 5.41) is 16.3. The van der Waals surface area contributed by atoms with Gasteiger partial charge in [0.25, 0.3) is 0 Å². The number of nitrogens with two attached hydrogens (primary N) is 1. The van der Waals surface area contributed by atoms with Gasteiger partial charge in [-0.05, 0) is 50.5 Å². The van der Waals surface area contributed by atoms with E-state index >= 15 is 0 Å². The SMILES string of the molecule is Cc1cc(N)cc(Nc2nc(N[C@@H](CO)C(C)C)nc3c2ncn3C(C)C)c1. The van der Waals surface area contributed by atoms with Gasteiger partial charge in [0.15, 0.2) is 17.0 Å². The van der Waals surface area contributed by atoms with Crippen LogP contribution in [0.3, 0.4) is 0 Å². The van der Waals surface area contributed by atoms with E-state index in [0.29, 0.717) is 23.0 Å². The van der Waals surface area contributed by atoms with Crippen LogP contribution in [-0.2, 0) is 0 Å². The molecule has 2 heterocycles. The molecular weight excluding hydrogens is 354 g/mol. The number of nitrogens with one attached hydrogen (secondary N) is 2. The molecule has 3 aromatic rings. The number of aryl methyl sites for hydroxylation is 1. The Bertz CT molecular complexity index is 944. The van der Waals surface area contributed by atoms with Gasteiger partial charge in [-0.1, -0.05) is 13.8 Å². The molecule has 3 rings (SSSR count). The summed E-state index contributed by atoms with van der Waals surface area (Å²) in [6, 6.07) is 5.83. The predicted octanol–water partition coefficient (Wildman–Crippen LogP) is 3.47. The standard InChI is InChI=1S/C20H29N7O/c1-11(2)16(9-28)24-20-25-18(23-15-7-13(5)6-14(21)8-15)17-19(26-20)27(10-22-17)12(3)4/h6-8,10-12,16,28H,9,21H2,1-5H3,(H2,23,24,25,26)/t16-/m0/s1. The fourth-order valence-corrected chi connectivity index (χ4v) is 3.06. The summed E-state index contributed by atoms with van der Waals surface area (Å²) < 4.78 is 2.00. The summed E-state index contributed by atoms with van der Waals surface area (Å²) in [5.74, 6) is 1.27. The fraction of sp³-hybridized carbons (Fsp3) is 0.450. The molecule has 0 fully saturated rings. The van der Waals surface area contributed by atoms with Crippen molar-refractivity contribution in [3.63, 3.8) is 0 Å². The molecular formula is C20H29N7O. The highest BCUT2D eigenvalue weighted by Gasteiger charge is 2.18. The minimum absolute atomic E-state index is 0.000316. The number of benzene rings is 1. The van der Waals surface area contributed by atoms with E-state index in [-0.39, 0.29) is 24.6 Å². The summed E-state index contributed by atoms with van der Waals surface area (Å²) in [6.45, 7) is 10.2. The Kier molecular flexibility index (Phi) is 5.69. The summed E-state index contributed by atoms with van der Waals surface area (Å²) in [5.41, 5.74) is 9.97. The lowest BCUT2D eigenvalue weighted by molar-refractivity contribution is 0.248. The molecule has 0 spiro atoms. The zero-order chi connectivity index (χ0) is 20.4. The average molecular weight is 384 g/mol. The van der Waals surface area contributed by atoms with Gasteiger partial charge in [-0.15, -0.1) is 0 Å². The molecule has 150 valence electrons. The molecule has 0 unspecified atom stereocenters. The van der Waals surface area contributed by atoms with E-state index in [9.17, 15) is 5.11 Å². The molecule has 0 aliphatic carbocycles. The Morgan fingerprint density at radius 2 is 1.89 bits per heavy atom. The smallest absolute Gasteiger partial charge is 0.227 e. The van der Waals surface area contributed by atoms with Crippen molar-refractivity contribution < 1.29 is 5.11 Å². The van der Waals surface area contributed by atoms with Crippen molar-refractivity contribution in [1.29, 1.82) is 0 Å². The summed E-state index contributed by atoms with van der Waals surface area (Å²) in [6.07, 6.45) is 1.77. The summed E-state index contributed by atoms with van der Waals surface area (Å²) in [4.78, 5) is 13.8. The van der Waals surface area contributed by atoms with E-state index in [1.807, 2.05) is 43.5 Å². The highest BCUT2D eigenvalue weighted by atomic mass is 16.3. The molecule has 2 aromatic heterocycles. The maximum atomic E-state index is 9.67. The maximum Gasteiger partial charge on any atom is 0.227 e. The monoisotopic (exact) mass is 383 g/mol. The Morgan fingerprint density at radius 3 is 2.50 bits per heavy atom. The number of nitrogen functional groups attached to an aromatic ring is 1. The van der Waals surface area contributed by atoms with E-state index in [2.05, 4.69) is 39.4 Å². The third kappa shape index (κ3) is 4.17. The number of imidazole rings is 1. The van der Waals surface area contributed by atoms with Crippen LogP contribution in [-0.4, -0.2) is 37.3 Å². The molecule has 1 atom stereocenters. The van der Waals surface area contributed by atoms with E-state index in [1.165, 1.54) is 0 Å². The molecule has 0 radical (unpaired) electrons. The van der Waals surface area contributed by atoms with Gasteiger partial charge in [0.05, 0.1) is 19.0 Å². The topological polar surface area (TPSA) is 114 Å². The van der Waals surface area contributed by atoms with E-state index in [1.54, 1.807) is 6.33 Å². The number of aliphatic hydroxyl groups excluding tert-OH is 1. The molecule has 28 heavy (non-hydrogen) atoms. The number of aromatic nitrogens is 4. The van der Waals surface area contributed by atoms with Crippen LogP contribution in [0.25, 0.3) is 11.2 Å². The molecule has 5 N–H and O–H groups in total.